The maximum Gasteiger partial charge on any atom is 0.240 e. The van der Waals surface area contributed by atoms with Crippen LogP contribution in [0.15, 0.2) is 53.4 Å². The number of halogens is 2. The molecule has 0 saturated heterocycles. The van der Waals surface area contributed by atoms with Gasteiger partial charge in [-0.1, -0.05) is 29.3 Å². The molecular formula is C16H16Cl2N2O3S. The van der Waals surface area contributed by atoms with E-state index in [1.807, 2.05) is 0 Å². The van der Waals surface area contributed by atoms with Gasteiger partial charge in [0, 0.05) is 35.7 Å². The number of carbonyl (C=O) groups excluding carboxylic acids is 1. The molecule has 0 saturated carbocycles. The summed E-state index contributed by atoms with van der Waals surface area (Å²) in [5.41, 5.74) is 0.647. The van der Waals surface area contributed by atoms with Crippen molar-refractivity contribution in [3.63, 3.8) is 0 Å². The minimum Gasteiger partial charge on any atom is -0.311 e. The molecule has 0 aromatic heterocycles. The number of nitrogens with zero attached hydrogens (tertiary/aromatic N) is 1. The molecule has 24 heavy (non-hydrogen) atoms. The Kier molecular flexibility index (Phi) is 6.23. The smallest absolute Gasteiger partial charge is 0.240 e. The summed E-state index contributed by atoms with van der Waals surface area (Å²) in [6.45, 7) is 1.67. The first-order valence-electron chi connectivity index (χ1n) is 7.08. The molecule has 0 fully saturated rings. The van der Waals surface area contributed by atoms with Gasteiger partial charge in [-0.3, -0.25) is 4.79 Å². The number of anilines is 1. The average molecular weight is 387 g/mol. The molecule has 0 unspecified atom stereocenters. The Balaban J connectivity index is 2.05. The lowest BCUT2D eigenvalue weighted by molar-refractivity contribution is -0.116. The van der Waals surface area contributed by atoms with Crippen LogP contribution in [0.4, 0.5) is 5.69 Å². The van der Waals surface area contributed by atoms with Gasteiger partial charge in [-0.15, -0.1) is 0 Å². The van der Waals surface area contributed by atoms with Crippen molar-refractivity contribution in [3.05, 3.63) is 58.6 Å². The minimum atomic E-state index is -3.69. The molecule has 1 N–H and O–H groups in total. The average Bonchev–Trinajstić information content (AvgIpc) is 2.52. The van der Waals surface area contributed by atoms with Gasteiger partial charge in [-0.2, -0.15) is 0 Å². The number of amides is 1. The highest BCUT2D eigenvalue weighted by Crippen LogP contribution is 2.18. The topological polar surface area (TPSA) is 66.5 Å². The van der Waals surface area contributed by atoms with Crippen LogP contribution in [0.25, 0.3) is 0 Å². The summed E-state index contributed by atoms with van der Waals surface area (Å²) >= 11 is 11.6. The fourth-order valence-corrected chi connectivity index (χ4v) is 3.55. The second-order valence-corrected chi connectivity index (χ2v) is 7.64. The molecule has 0 radical (unpaired) electrons. The van der Waals surface area contributed by atoms with Crippen LogP contribution in [0.2, 0.25) is 10.0 Å². The zero-order valence-corrected chi connectivity index (χ0v) is 15.2. The first kappa shape index (κ1) is 18.7. The highest BCUT2D eigenvalue weighted by atomic mass is 35.5. The summed E-state index contributed by atoms with van der Waals surface area (Å²) in [4.78, 5) is 13.3. The Morgan fingerprint density at radius 3 is 2.33 bits per heavy atom. The summed E-state index contributed by atoms with van der Waals surface area (Å²) in [7, 11) is -3.69. The quantitative estimate of drug-likeness (QED) is 0.827. The number of carbonyl (C=O) groups is 1. The molecule has 0 bridgehead atoms. The lowest BCUT2D eigenvalue weighted by Crippen LogP contribution is -2.37. The molecule has 1 amide bonds. The molecule has 128 valence electrons. The number of hydrogen-bond donors (Lipinski definition) is 1. The van der Waals surface area contributed by atoms with Gasteiger partial charge in [0.15, 0.2) is 0 Å². The Hall–Kier alpha value is -1.60. The van der Waals surface area contributed by atoms with Crippen molar-refractivity contribution in [2.75, 3.05) is 18.0 Å². The summed E-state index contributed by atoms with van der Waals surface area (Å²) in [5, 5.41) is 0.897. The largest absolute Gasteiger partial charge is 0.311 e. The highest BCUT2D eigenvalue weighted by Gasteiger charge is 2.16. The van der Waals surface area contributed by atoms with Gasteiger partial charge < -0.3 is 4.90 Å². The number of sulfonamides is 1. The van der Waals surface area contributed by atoms with E-state index >= 15 is 0 Å². The molecule has 0 aliphatic heterocycles. The molecule has 5 nitrogen and oxygen atoms in total. The Morgan fingerprint density at radius 2 is 1.75 bits per heavy atom. The van der Waals surface area contributed by atoms with Gasteiger partial charge in [0.1, 0.15) is 0 Å². The second-order valence-electron chi connectivity index (χ2n) is 5.00. The summed E-state index contributed by atoms with van der Waals surface area (Å²) < 4.78 is 26.9. The van der Waals surface area contributed by atoms with Crippen molar-refractivity contribution in [2.45, 2.75) is 11.8 Å². The summed E-state index contributed by atoms with van der Waals surface area (Å²) in [5.74, 6) is -0.195. The fraction of sp³-hybridized carbons (Fsp3) is 0.188. The number of benzene rings is 2. The van der Waals surface area contributed by atoms with Gasteiger partial charge in [0.05, 0.1) is 4.90 Å². The van der Waals surface area contributed by atoms with Crippen molar-refractivity contribution in [3.8, 4) is 0 Å². The molecule has 2 rings (SSSR count). The number of rotatable bonds is 6. The molecular weight excluding hydrogens is 371 g/mol. The van der Waals surface area contributed by atoms with Crippen LogP contribution in [-0.2, 0) is 14.8 Å². The number of hydrogen-bond acceptors (Lipinski definition) is 3. The van der Waals surface area contributed by atoms with Gasteiger partial charge in [-0.05, 0) is 42.5 Å². The maximum atomic E-state index is 12.2. The first-order valence-corrected chi connectivity index (χ1v) is 9.32. The predicted molar refractivity (Wildman–Crippen MR) is 96.1 cm³/mol. The van der Waals surface area contributed by atoms with Crippen molar-refractivity contribution in [1.29, 1.82) is 0 Å². The van der Waals surface area contributed by atoms with E-state index in [1.165, 1.54) is 24.0 Å². The maximum absolute atomic E-state index is 12.2. The molecule has 2 aromatic carbocycles. The van der Waals surface area contributed by atoms with Crippen LogP contribution in [0.1, 0.15) is 6.92 Å². The van der Waals surface area contributed by atoms with Crippen LogP contribution in [0, 0.1) is 0 Å². The highest BCUT2D eigenvalue weighted by molar-refractivity contribution is 7.89. The van der Waals surface area contributed by atoms with E-state index in [0.717, 1.165) is 0 Å². The Labute approximate surface area is 151 Å². The van der Waals surface area contributed by atoms with Crippen LogP contribution < -0.4 is 9.62 Å². The Bertz CT molecular complexity index is 823. The van der Waals surface area contributed by atoms with E-state index in [1.54, 1.807) is 36.4 Å². The van der Waals surface area contributed by atoms with Crippen LogP contribution in [-0.4, -0.2) is 27.4 Å². The summed E-state index contributed by atoms with van der Waals surface area (Å²) in [6.07, 6.45) is 0. The molecule has 0 spiro atoms. The first-order chi connectivity index (χ1) is 11.3. The second kappa shape index (κ2) is 7.98. The van der Waals surface area contributed by atoms with Crippen molar-refractivity contribution < 1.29 is 13.2 Å². The molecule has 2 aromatic rings. The van der Waals surface area contributed by atoms with Gasteiger partial charge in [-0.25, -0.2) is 13.1 Å². The third kappa shape index (κ3) is 4.95. The SMILES string of the molecule is CC(=O)N(CCNS(=O)(=O)c1cccc(Cl)c1)c1ccc(Cl)cc1. The standard InChI is InChI=1S/C16H16Cl2N2O3S/c1-12(21)20(15-7-5-13(17)6-8-15)10-9-19-24(22,23)16-4-2-3-14(18)11-16/h2-8,11,19H,9-10H2,1H3. The molecule has 8 heteroatoms. The zero-order valence-electron chi connectivity index (χ0n) is 12.9. The zero-order chi connectivity index (χ0) is 17.7. The fourth-order valence-electron chi connectivity index (χ4n) is 2.10. The van der Waals surface area contributed by atoms with E-state index in [9.17, 15) is 13.2 Å². The Morgan fingerprint density at radius 1 is 1.08 bits per heavy atom. The van der Waals surface area contributed by atoms with E-state index in [-0.39, 0.29) is 23.9 Å². The van der Waals surface area contributed by atoms with Gasteiger partial charge >= 0.3 is 0 Å². The molecule has 0 atom stereocenters. The van der Waals surface area contributed by atoms with E-state index in [2.05, 4.69) is 4.72 Å². The molecule has 0 aliphatic rings. The third-order valence-corrected chi connectivity index (χ3v) is 5.20. The predicted octanol–water partition coefficient (Wildman–Crippen LogP) is 3.32. The van der Waals surface area contributed by atoms with Gasteiger partial charge in [0.2, 0.25) is 15.9 Å². The van der Waals surface area contributed by atoms with Crippen molar-refractivity contribution >= 4 is 44.8 Å². The van der Waals surface area contributed by atoms with Crippen LogP contribution in [0.3, 0.4) is 0 Å². The molecule has 0 heterocycles. The number of nitrogens with one attached hydrogen (secondary N) is 1. The van der Waals surface area contributed by atoms with E-state index in [4.69, 9.17) is 23.2 Å². The van der Waals surface area contributed by atoms with E-state index < -0.39 is 10.0 Å². The monoisotopic (exact) mass is 386 g/mol. The van der Waals surface area contributed by atoms with Crippen LogP contribution >= 0.6 is 23.2 Å². The summed E-state index contributed by atoms with van der Waals surface area (Å²) in [6, 6.07) is 12.7. The molecule has 0 aliphatic carbocycles. The van der Waals surface area contributed by atoms with Crippen LogP contribution in [0.5, 0.6) is 0 Å². The minimum absolute atomic E-state index is 0.0665. The normalized spacial score (nSPS) is 11.3. The van der Waals surface area contributed by atoms with Crippen molar-refractivity contribution in [1.82, 2.24) is 4.72 Å². The lowest BCUT2D eigenvalue weighted by atomic mass is 10.3. The van der Waals surface area contributed by atoms with Gasteiger partial charge in [0.25, 0.3) is 0 Å². The third-order valence-electron chi connectivity index (χ3n) is 3.25. The van der Waals surface area contributed by atoms with Crippen molar-refractivity contribution in [2.24, 2.45) is 0 Å². The lowest BCUT2D eigenvalue weighted by Gasteiger charge is -2.21. The van der Waals surface area contributed by atoms with E-state index in [0.29, 0.717) is 15.7 Å².